The van der Waals surface area contributed by atoms with Crippen molar-refractivity contribution in [2.75, 3.05) is 31.1 Å². The molecule has 1 aromatic rings. The van der Waals surface area contributed by atoms with Gasteiger partial charge >= 0.3 is 0 Å². The van der Waals surface area contributed by atoms with Gasteiger partial charge in [-0.15, -0.1) is 10.2 Å². The van der Waals surface area contributed by atoms with E-state index < -0.39 is 0 Å². The normalized spacial score (nSPS) is 17.3. The van der Waals surface area contributed by atoms with Gasteiger partial charge in [0.05, 0.1) is 0 Å². The molecule has 94 valence electrons. The Bertz CT molecular complexity index is 390. The minimum atomic E-state index is -0.0199. The van der Waals surface area contributed by atoms with Crippen molar-refractivity contribution in [2.45, 2.75) is 33.1 Å². The van der Waals surface area contributed by atoms with E-state index in [4.69, 9.17) is 0 Å². The number of piperazine rings is 1. The molecule has 5 nitrogen and oxygen atoms in total. The molecule has 1 N–H and O–H groups in total. The van der Waals surface area contributed by atoms with E-state index in [0.717, 1.165) is 43.5 Å². The Morgan fingerprint density at radius 1 is 1.12 bits per heavy atom. The van der Waals surface area contributed by atoms with Crippen LogP contribution < -0.4 is 10.2 Å². The Hall–Kier alpha value is -1.23. The summed E-state index contributed by atoms with van der Waals surface area (Å²) in [4.78, 5) is 6.89. The molecule has 1 aliphatic heterocycles. The summed E-state index contributed by atoms with van der Waals surface area (Å²) in [6.45, 7) is 12.3. The summed E-state index contributed by atoms with van der Waals surface area (Å²) >= 11 is 0. The molecule has 0 aromatic carbocycles. The predicted octanol–water partition coefficient (Wildman–Crippen LogP) is 0.887. The van der Waals surface area contributed by atoms with E-state index >= 15 is 0 Å². The molecule has 0 radical (unpaired) electrons. The van der Waals surface area contributed by atoms with Gasteiger partial charge in [-0.3, -0.25) is 0 Å². The molecule has 0 aliphatic carbocycles. The molecule has 1 aliphatic rings. The zero-order valence-electron chi connectivity index (χ0n) is 11.1. The van der Waals surface area contributed by atoms with Crippen LogP contribution in [0.1, 0.15) is 32.3 Å². The van der Waals surface area contributed by atoms with Crippen LogP contribution in [0, 0.1) is 6.92 Å². The Kier molecular flexibility index (Phi) is 3.28. The lowest BCUT2D eigenvalue weighted by atomic mass is 9.91. The van der Waals surface area contributed by atoms with E-state index in [2.05, 4.69) is 46.2 Å². The van der Waals surface area contributed by atoms with Crippen LogP contribution >= 0.6 is 0 Å². The largest absolute Gasteiger partial charge is 0.352 e. The number of aromatic nitrogens is 3. The van der Waals surface area contributed by atoms with E-state index in [0.29, 0.717) is 0 Å². The Labute approximate surface area is 103 Å². The van der Waals surface area contributed by atoms with Crippen LogP contribution in [0.3, 0.4) is 0 Å². The second kappa shape index (κ2) is 4.56. The lowest BCUT2D eigenvalue weighted by molar-refractivity contribution is 0.531. The summed E-state index contributed by atoms with van der Waals surface area (Å²) in [5, 5.41) is 11.8. The van der Waals surface area contributed by atoms with Gasteiger partial charge in [-0.2, -0.15) is 0 Å². The van der Waals surface area contributed by atoms with Gasteiger partial charge in [-0.1, -0.05) is 20.8 Å². The van der Waals surface area contributed by atoms with Crippen LogP contribution in [0.4, 0.5) is 5.82 Å². The maximum absolute atomic E-state index is 4.59. The summed E-state index contributed by atoms with van der Waals surface area (Å²) in [5.41, 5.74) is 0.971. The third-order valence-corrected chi connectivity index (χ3v) is 2.90. The van der Waals surface area contributed by atoms with Gasteiger partial charge in [0.2, 0.25) is 0 Å². The van der Waals surface area contributed by atoms with Crippen molar-refractivity contribution in [1.29, 1.82) is 0 Å². The number of nitrogens with zero attached hydrogens (tertiary/aromatic N) is 4. The molecule has 1 aromatic heterocycles. The number of aryl methyl sites for hydroxylation is 1. The van der Waals surface area contributed by atoms with Crippen LogP contribution in [0.2, 0.25) is 0 Å². The maximum atomic E-state index is 4.59. The number of anilines is 1. The van der Waals surface area contributed by atoms with Crippen molar-refractivity contribution in [3.63, 3.8) is 0 Å². The molecule has 0 spiro atoms. The summed E-state index contributed by atoms with van der Waals surface area (Å²) in [6, 6.07) is 0. The zero-order valence-corrected chi connectivity index (χ0v) is 11.1. The van der Waals surface area contributed by atoms with Gasteiger partial charge in [-0.05, 0) is 6.92 Å². The molecule has 2 rings (SSSR count). The summed E-state index contributed by atoms with van der Waals surface area (Å²) < 4.78 is 0. The van der Waals surface area contributed by atoms with Crippen molar-refractivity contribution >= 4 is 5.82 Å². The van der Waals surface area contributed by atoms with E-state index in [1.807, 2.05) is 6.92 Å². The van der Waals surface area contributed by atoms with Crippen molar-refractivity contribution in [1.82, 2.24) is 20.5 Å². The fourth-order valence-electron chi connectivity index (χ4n) is 1.98. The van der Waals surface area contributed by atoms with Gasteiger partial charge < -0.3 is 10.2 Å². The highest BCUT2D eigenvalue weighted by Gasteiger charge is 2.26. The average molecular weight is 235 g/mol. The van der Waals surface area contributed by atoms with E-state index in [-0.39, 0.29) is 5.41 Å². The van der Waals surface area contributed by atoms with Crippen LogP contribution in [-0.2, 0) is 5.41 Å². The monoisotopic (exact) mass is 235 g/mol. The van der Waals surface area contributed by atoms with Crippen molar-refractivity contribution in [3.8, 4) is 0 Å². The summed E-state index contributed by atoms with van der Waals surface area (Å²) in [5.74, 6) is 1.75. The van der Waals surface area contributed by atoms with Gasteiger partial charge in [0.15, 0.2) is 5.82 Å². The lowest BCUT2D eigenvalue weighted by Crippen LogP contribution is -2.45. The first-order chi connectivity index (χ1) is 7.98. The van der Waals surface area contributed by atoms with E-state index in [1.165, 1.54) is 0 Å². The minimum absolute atomic E-state index is 0.0199. The lowest BCUT2D eigenvalue weighted by Gasteiger charge is -2.32. The summed E-state index contributed by atoms with van der Waals surface area (Å²) in [6.07, 6.45) is 0. The third-order valence-electron chi connectivity index (χ3n) is 2.90. The quantitative estimate of drug-likeness (QED) is 0.783. The molecule has 2 heterocycles. The number of hydrogen-bond acceptors (Lipinski definition) is 5. The second-order valence-electron chi connectivity index (χ2n) is 5.52. The highest BCUT2D eigenvalue weighted by atomic mass is 15.3. The van der Waals surface area contributed by atoms with Crippen LogP contribution in [0.5, 0.6) is 0 Å². The Morgan fingerprint density at radius 2 is 1.76 bits per heavy atom. The highest BCUT2D eigenvalue weighted by molar-refractivity contribution is 5.46. The van der Waals surface area contributed by atoms with Crippen LogP contribution in [0.15, 0.2) is 0 Å². The van der Waals surface area contributed by atoms with Gasteiger partial charge in [-0.25, -0.2) is 4.98 Å². The Morgan fingerprint density at radius 3 is 2.35 bits per heavy atom. The molecule has 0 amide bonds. The first kappa shape index (κ1) is 12.2. The molecule has 0 unspecified atom stereocenters. The third kappa shape index (κ3) is 2.72. The Balaban J connectivity index is 2.39. The number of rotatable bonds is 1. The second-order valence-corrected chi connectivity index (χ2v) is 5.52. The fourth-order valence-corrected chi connectivity index (χ4v) is 1.98. The van der Waals surface area contributed by atoms with Gasteiger partial charge in [0.1, 0.15) is 11.5 Å². The topological polar surface area (TPSA) is 53.9 Å². The minimum Gasteiger partial charge on any atom is -0.352 e. The van der Waals surface area contributed by atoms with Gasteiger partial charge in [0, 0.05) is 31.6 Å². The zero-order chi connectivity index (χ0) is 12.5. The van der Waals surface area contributed by atoms with Crippen molar-refractivity contribution in [2.24, 2.45) is 0 Å². The molecule has 0 atom stereocenters. The average Bonchev–Trinajstić information content (AvgIpc) is 2.28. The molecular weight excluding hydrogens is 214 g/mol. The first-order valence-corrected chi connectivity index (χ1v) is 6.16. The van der Waals surface area contributed by atoms with E-state index in [9.17, 15) is 0 Å². The maximum Gasteiger partial charge on any atom is 0.155 e. The summed E-state index contributed by atoms with van der Waals surface area (Å²) in [7, 11) is 0. The fraction of sp³-hybridized carbons (Fsp3) is 0.750. The van der Waals surface area contributed by atoms with Crippen molar-refractivity contribution < 1.29 is 0 Å². The van der Waals surface area contributed by atoms with E-state index in [1.54, 1.807) is 0 Å². The standard InChI is InChI=1S/C12H21N5/c1-9-14-11(17-7-5-13-6-8-17)10(16-15-9)12(2,3)4/h13H,5-8H2,1-4H3. The van der Waals surface area contributed by atoms with Gasteiger partial charge in [0.25, 0.3) is 0 Å². The molecule has 5 heteroatoms. The van der Waals surface area contributed by atoms with Crippen LogP contribution in [0.25, 0.3) is 0 Å². The number of nitrogens with one attached hydrogen (secondary N) is 1. The number of hydrogen-bond donors (Lipinski definition) is 1. The predicted molar refractivity (Wildman–Crippen MR) is 68.3 cm³/mol. The first-order valence-electron chi connectivity index (χ1n) is 6.16. The van der Waals surface area contributed by atoms with Crippen molar-refractivity contribution in [3.05, 3.63) is 11.5 Å². The smallest absolute Gasteiger partial charge is 0.155 e. The molecule has 0 saturated carbocycles. The SMILES string of the molecule is Cc1nnc(C(C)(C)C)c(N2CCNCC2)n1. The molecular formula is C12H21N5. The highest BCUT2D eigenvalue weighted by Crippen LogP contribution is 2.28. The van der Waals surface area contributed by atoms with Crippen LogP contribution in [-0.4, -0.2) is 41.4 Å². The molecule has 0 bridgehead atoms. The molecule has 1 saturated heterocycles. The molecule has 1 fully saturated rings. The molecule has 17 heavy (non-hydrogen) atoms.